The molecule has 1 aromatic carbocycles. The van der Waals surface area contributed by atoms with E-state index in [0.29, 0.717) is 4.47 Å². The van der Waals surface area contributed by atoms with Gasteiger partial charge in [-0.15, -0.1) is 0 Å². The van der Waals surface area contributed by atoms with Gasteiger partial charge in [0.25, 0.3) is 0 Å². The van der Waals surface area contributed by atoms with E-state index in [4.69, 9.17) is 4.74 Å². The van der Waals surface area contributed by atoms with Gasteiger partial charge in [0, 0.05) is 10.7 Å². The Kier molecular flexibility index (Phi) is 4.11. The van der Waals surface area contributed by atoms with Gasteiger partial charge in [-0.25, -0.2) is 14.2 Å². The van der Waals surface area contributed by atoms with Crippen molar-refractivity contribution in [3.8, 4) is 11.6 Å². The minimum atomic E-state index is -0.599. The molecule has 1 heterocycles. The van der Waals surface area contributed by atoms with Gasteiger partial charge in [0.15, 0.2) is 11.6 Å². The van der Waals surface area contributed by atoms with Crippen molar-refractivity contribution in [3.63, 3.8) is 0 Å². The number of halogens is 2. The van der Waals surface area contributed by atoms with Crippen LogP contribution in [-0.4, -0.2) is 18.1 Å². The molecule has 0 atom stereocenters. The van der Waals surface area contributed by atoms with E-state index in [2.05, 4.69) is 25.7 Å². The Bertz CT molecular complexity index is 619. The Morgan fingerprint density at radius 3 is 2.89 bits per heavy atom. The van der Waals surface area contributed by atoms with Crippen molar-refractivity contribution in [2.24, 2.45) is 0 Å². The third-order valence-electron chi connectivity index (χ3n) is 2.28. The van der Waals surface area contributed by atoms with E-state index in [1.54, 1.807) is 12.1 Å². The quantitative estimate of drug-likeness (QED) is 0.809. The molecule has 98 valence electrons. The Morgan fingerprint density at radius 2 is 2.16 bits per heavy atom. The summed E-state index contributed by atoms with van der Waals surface area (Å²) in [7, 11) is 1.25. The first-order valence-electron chi connectivity index (χ1n) is 5.28. The highest BCUT2D eigenvalue weighted by Gasteiger charge is 2.16. The van der Waals surface area contributed by atoms with Gasteiger partial charge in [-0.2, -0.15) is 0 Å². The fourth-order valence-corrected chi connectivity index (χ4v) is 1.74. The molecule has 0 N–H and O–H groups in total. The van der Waals surface area contributed by atoms with Crippen molar-refractivity contribution in [2.45, 2.75) is 0 Å². The van der Waals surface area contributed by atoms with Crippen LogP contribution < -0.4 is 4.74 Å². The smallest absolute Gasteiger partial charge is 0.343 e. The number of hydrogen-bond acceptors (Lipinski definition) is 4. The molecule has 0 aliphatic rings. The van der Waals surface area contributed by atoms with E-state index in [1.165, 1.54) is 31.5 Å². The Labute approximate surface area is 117 Å². The normalized spacial score (nSPS) is 10.1. The fourth-order valence-electron chi connectivity index (χ4n) is 1.40. The third kappa shape index (κ3) is 3.08. The highest BCUT2D eigenvalue weighted by Crippen LogP contribution is 2.28. The summed E-state index contributed by atoms with van der Waals surface area (Å²) >= 11 is 3.21. The molecule has 19 heavy (non-hydrogen) atoms. The number of rotatable bonds is 3. The first kappa shape index (κ1) is 13.5. The highest BCUT2D eigenvalue weighted by molar-refractivity contribution is 9.10. The number of hydrogen-bond donors (Lipinski definition) is 0. The predicted molar refractivity (Wildman–Crippen MR) is 69.8 cm³/mol. The molecular weight excluding hydrogens is 317 g/mol. The number of nitrogens with zero attached hydrogens (tertiary/aromatic N) is 1. The average molecular weight is 326 g/mol. The van der Waals surface area contributed by atoms with Crippen LogP contribution in [0.5, 0.6) is 11.6 Å². The van der Waals surface area contributed by atoms with Crippen LogP contribution in [-0.2, 0) is 4.74 Å². The number of ether oxygens (including phenoxy) is 2. The largest absolute Gasteiger partial charge is 0.465 e. The number of pyridine rings is 1. The summed E-state index contributed by atoms with van der Waals surface area (Å²) in [5.41, 5.74) is 0.129. The lowest BCUT2D eigenvalue weighted by Crippen LogP contribution is -2.05. The molecule has 0 aliphatic carbocycles. The molecule has 4 nitrogen and oxygen atoms in total. The van der Waals surface area contributed by atoms with Crippen LogP contribution in [0.2, 0.25) is 0 Å². The van der Waals surface area contributed by atoms with E-state index in [0.717, 1.165) is 0 Å². The summed E-state index contributed by atoms with van der Waals surface area (Å²) in [6.07, 6.45) is 1.44. The minimum absolute atomic E-state index is 0.00801. The number of benzene rings is 1. The van der Waals surface area contributed by atoms with Crippen LogP contribution in [0.4, 0.5) is 4.39 Å². The van der Waals surface area contributed by atoms with E-state index < -0.39 is 11.8 Å². The number of aromatic nitrogens is 1. The van der Waals surface area contributed by atoms with Gasteiger partial charge >= 0.3 is 5.97 Å². The van der Waals surface area contributed by atoms with Gasteiger partial charge < -0.3 is 9.47 Å². The van der Waals surface area contributed by atoms with Crippen molar-refractivity contribution < 1.29 is 18.7 Å². The van der Waals surface area contributed by atoms with Crippen LogP contribution in [0.1, 0.15) is 10.4 Å². The number of carbonyl (C=O) groups excluding carboxylic acids is 1. The lowest BCUT2D eigenvalue weighted by Gasteiger charge is -2.09. The molecule has 0 bridgehead atoms. The average Bonchev–Trinajstić information content (AvgIpc) is 2.42. The Hall–Kier alpha value is -1.95. The molecule has 0 aliphatic heterocycles. The molecular formula is C13H9BrFNO3. The van der Waals surface area contributed by atoms with Crippen molar-refractivity contribution in [1.29, 1.82) is 0 Å². The molecule has 6 heteroatoms. The van der Waals surface area contributed by atoms with Gasteiger partial charge in [0.1, 0.15) is 5.56 Å². The van der Waals surface area contributed by atoms with Crippen molar-refractivity contribution >= 4 is 21.9 Å². The first-order chi connectivity index (χ1) is 9.11. The Morgan fingerprint density at radius 1 is 1.37 bits per heavy atom. The van der Waals surface area contributed by atoms with E-state index in [1.807, 2.05) is 0 Å². The van der Waals surface area contributed by atoms with Gasteiger partial charge in [0.2, 0.25) is 5.88 Å². The zero-order chi connectivity index (χ0) is 13.8. The zero-order valence-electron chi connectivity index (χ0n) is 9.89. The molecule has 0 saturated heterocycles. The van der Waals surface area contributed by atoms with Gasteiger partial charge in [-0.1, -0.05) is 15.9 Å². The summed E-state index contributed by atoms with van der Waals surface area (Å²) in [4.78, 5) is 15.4. The summed E-state index contributed by atoms with van der Waals surface area (Å²) < 4.78 is 24.2. The van der Waals surface area contributed by atoms with Crippen LogP contribution in [0, 0.1) is 5.82 Å². The number of methoxy groups -OCH3 is 1. The molecule has 0 fully saturated rings. The lowest BCUT2D eigenvalue weighted by atomic mass is 10.2. The molecule has 2 rings (SSSR count). The van der Waals surface area contributed by atoms with E-state index in [-0.39, 0.29) is 17.2 Å². The monoisotopic (exact) mass is 325 g/mol. The fraction of sp³-hybridized carbons (Fsp3) is 0.0769. The molecule has 0 amide bonds. The van der Waals surface area contributed by atoms with Crippen LogP contribution in [0.3, 0.4) is 0 Å². The number of carbonyl (C=O) groups is 1. The maximum absolute atomic E-state index is 13.6. The van der Waals surface area contributed by atoms with E-state index in [9.17, 15) is 9.18 Å². The lowest BCUT2D eigenvalue weighted by molar-refractivity contribution is 0.0597. The second-order valence-corrected chi connectivity index (χ2v) is 4.44. The summed E-state index contributed by atoms with van der Waals surface area (Å²) in [6, 6.07) is 7.30. The summed E-state index contributed by atoms with van der Waals surface area (Å²) in [5, 5.41) is 0. The van der Waals surface area contributed by atoms with Crippen LogP contribution >= 0.6 is 15.9 Å². The number of esters is 1. The second kappa shape index (κ2) is 5.79. The van der Waals surface area contributed by atoms with Gasteiger partial charge in [-0.05, 0) is 30.3 Å². The van der Waals surface area contributed by atoms with Crippen molar-refractivity contribution in [1.82, 2.24) is 4.98 Å². The third-order valence-corrected chi connectivity index (χ3v) is 2.77. The van der Waals surface area contributed by atoms with Gasteiger partial charge in [0.05, 0.1) is 7.11 Å². The maximum atomic E-state index is 13.6. The highest BCUT2D eigenvalue weighted by atomic mass is 79.9. The van der Waals surface area contributed by atoms with Crippen LogP contribution in [0.15, 0.2) is 41.0 Å². The van der Waals surface area contributed by atoms with Crippen molar-refractivity contribution in [2.75, 3.05) is 7.11 Å². The first-order valence-corrected chi connectivity index (χ1v) is 6.07. The SMILES string of the molecule is COC(=O)c1cccnc1Oc1cc(Br)ccc1F. The topological polar surface area (TPSA) is 48.4 Å². The second-order valence-electron chi connectivity index (χ2n) is 3.52. The van der Waals surface area contributed by atoms with Crippen LogP contribution in [0.25, 0.3) is 0 Å². The molecule has 0 radical (unpaired) electrons. The maximum Gasteiger partial charge on any atom is 0.343 e. The Balaban J connectivity index is 2.38. The van der Waals surface area contributed by atoms with Crippen molar-refractivity contribution in [3.05, 3.63) is 52.4 Å². The van der Waals surface area contributed by atoms with Gasteiger partial charge in [-0.3, -0.25) is 0 Å². The zero-order valence-corrected chi connectivity index (χ0v) is 11.5. The summed E-state index contributed by atoms with van der Waals surface area (Å²) in [5.74, 6) is -1.19. The molecule has 0 spiro atoms. The minimum Gasteiger partial charge on any atom is -0.465 e. The molecule has 0 unspecified atom stereocenters. The molecule has 0 saturated carbocycles. The molecule has 1 aromatic heterocycles. The van der Waals surface area contributed by atoms with E-state index >= 15 is 0 Å². The standard InChI is InChI=1S/C13H9BrFNO3/c1-18-13(17)9-3-2-6-16-12(9)19-11-7-8(14)4-5-10(11)15/h2-7H,1H3. The molecule has 2 aromatic rings. The predicted octanol–water partition coefficient (Wildman–Crippen LogP) is 3.56. The summed E-state index contributed by atoms with van der Waals surface area (Å²) in [6.45, 7) is 0.